The number of carbonyl (C=O) groups is 2. The van der Waals surface area contributed by atoms with Gasteiger partial charge in [-0.25, -0.2) is 4.62 Å². The molecule has 2 atom stereocenters. The fraction of sp³-hybridized carbons (Fsp3) is 0.818. The Morgan fingerprint density at radius 3 is 2.25 bits per heavy atom. The molecule has 0 aromatic heterocycles. The first-order valence-corrected chi connectivity index (χ1v) is 8.34. The second kappa shape index (κ2) is 9.33. The number of hydrogen-bond acceptors (Lipinski definition) is 7. The highest BCUT2D eigenvalue weighted by Crippen LogP contribution is 2.49. The maximum atomic E-state index is 12.7. The summed E-state index contributed by atoms with van der Waals surface area (Å²) in [6.45, 7) is 3.04. The van der Waals surface area contributed by atoms with E-state index in [2.05, 4.69) is 19.6 Å². The molecule has 0 saturated heterocycles. The molecule has 2 unspecified atom stereocenters. The van der Waals surface area contributed by atoms with Crippen LogP contribution in [0.1, 0.15) is 20.8 Å². The third kappa shape index (κ3) is 7.14. The molecular formula is C11H20F3N2O7P. The van der Waals surface area contributed by atoms with Crippen LogP contribution >= 0.6 is 7.60 Å². The number of carbonyl (C=O) groups excluding carboxylic acids is 2. The van der Waals surface area contributed by atoms with Crippen molar-refractivity contribution in [2.45, 2.75) is 39.0 Å². The van der Waals surface area contributed by atoms with E-state index in [1.54, 1.807) is 0 Å². The number of esters is 1. The van der Waals surface area contributed by atoms with Gasteiger partial charge in [0.05, 0.1) is 6.61 Å². The smallest absolute Gasteiger partial charge is 0.465 e. The van der Waals surface area contributed by atoms with Crippen molar-refractivity contribution in [1.29, 1.82) is 0 Å². The normalized spacial score (nSPS) is 15.7. The number of nitrogens with one attached hydrogen (secondary N) is 1. The molecule has 0 bridgehead atoms. The fourth-order valence-corrected chi connectivity index (χ4v) is 2.68. The van der Waals surface area contributed by atoms with Crippen molar-refractivity contribution in [3.8, 4) is 0 Å². The van der Waals surface area contributed by atoms with Crippen LogP contribution in [0.3, 0.4) is 0 Å². The minimum Gasteiger partial charge on any atom is -0.465 e. The Labute approximate surface area is 136 Å². The summed E-state index contributed by atoms with van der Waals surface area (Å²) in [7, 11) is -4.16. The van der Waals surface area contributed by atoms with Crippen LogP contribution in [0.25, 0.3) is 0 Å². The molecule has 0 rings (SSSR count). The van der Waals surface area contributed by atoms with Crippen LogP contribution in [0.4, 0.5) is 13.2 Å². The zero-order valence-corrected chi connectivity index (χ0v) is 14.4. The summed E-state index contributed by atoms with van der Waals surface area (Å²) in [6, 6.07) is -0.459. The minimum atomic E-state index is -5.41. The molecular weight excluding hydrogens is 360 g/mol. The highest BCUT2D eigenvalue weighted by atomic mass is 31.2. The summed E-state index contributed by atoms with van der Waals surface area (Å²) >= 11 is 0. The van der Waals surface area contributed by atoms with Crippen molar-refractivity contribution in [3.63, 3.8) is 0 Å². The van der Waals surface area contributed by atoms with E-state index < -0.39 is 44.2 Å². The van der Waals surface area contributed by atoms with Crippen molar-refractivity contribution in [1.82, 2.24) is 10.4 Å². The molecule has 0 spiro atoms. The number of hydrogen-bond donors (Lipinski definition) is 2. The maximum absolute atomic E-state index is 12.7. The van der Waals surface area contributed by atoms with Gasteiger partial charge >= 0.3 is 25.6 Å². The van der Waals surface area contributed by atoms with Crippen LogP contribution in [0.2, 0.25) is 0 Å². The van der Waals surface area contributed by atoms with Gasteiger partial charge in [0.25, 0.3) is 0 Å². The van der Waals surface area contributed by atoms with Gasteiger partial charge in [-0.3, -0.25) is 19.1 Å². The van der Waals surface area contributed by atoms with Crippen LogP contribution in [-0.2, 0) is 28.3 Å². The van der Waals surface area contributed by atoms with Gasteiger partial charge < -0.3 is 14.4 Å². The van der Waals surface area contributed by atoms with Gasteiger partial charge in [0.1, 0.15) is 6.54 Å². The Kier molecular flexibility index (Phi) is 8.86. The summed E-state index contributed by atoms with van der Waals surface area (Å²) in [5, 5.41) is 0. The number of amides is 1. The first-order chi connectivity index (χ1) is 10.9. The van der Waals surface area contributed by atoms with Crippen LogP contribution in [0, 0.1) is 0 Å². The second-order valence-electron chi connectivity index (χ2n) is 4.73. The molecule has 0 aliphatic carbocycles. The van der Waals surface area contributed by atoms with Gasteiger partial charge in [0.15, 0.2) is 0 Å². The first-order valence-electron chi connectivity index (χ1n) is 6.69. The predicted octanol–water partition coefficient (Wildman–Crippen LogP) is 0.985. The van der Waals surface area contributed by atoms with Crippen LogP contribution in [0.5, 0.6) is 0 Å². The molecule has 13 heteroatoms. The second-order valence-corrected chi connectivity index (χ2v) is 6.48. The summed E-state index contributed by atoms with van der Waals surface area (Å²) in [5.74, 6) is -6.14. The zero-order valence-electron chi connectivity index (χ0n) is 13.5. The average molecular weight is 380 g/mol. The lowest BCUT2D eigenvalue weighted by molar-refractivity contribution is -0.194. The van der Waals surface area contributed by atoms with Crippen molar-refractivity contribution in [3.05, 3.63) is 0 Å². The monoisotopic (exact) mass is 380 g/mol. The quantitative estimate of drug-likeness (QED) is 0.263. The van der Waals surface area contributed by atoms with Crippen LogP contribution < -0.4 is 5.48 Å². The fourth-order valence-electron chi connectivity index (χ4n) is 1.42. The van der Waals surface area contributed by atoms with Crippen LogP contribution in [-0.4, -0.2) is 60.1 Å². The number of alkyl halides is 3. The summed E-state index contributed by atoms with van der Waals surface area (Å²) < 4.78 is 63.7. The molecule has 1 amide bonds. The van der Waals surface area contributed by atoms with Gasteiger partial charge in [0.2, 0.25) is 5.97 Å². The number of halogens is 3. The number of rotatable bonds is 9. The molecule has 24 heavy (non-hydrogen) atoms. The van der Waals surface area contributed by atoms with Gasteiger partial charge in [-0.1, -0.05) is 0 Å². The largest absolute Gasteiger partial charge is 0.471 e. The van der Waals surface area contributed by atoms with E-state index in [4.69, 9.17) is 0 Å². The molecule has 0 aromatic carbocycles. The lowest BCUT2D eigenvalue weighted by atomic mass is 10.4. The van der Waals surface area contributed by atoms with Gasteiger partial charge in [-0.05, 0) is 20.8 Å². The maximum Gasteiger partial charge on any atom is 0.471 e. The van der Waals surface area contributed by atoms with E-state index in [1.165, 1.54) is 20.8 Å². The van der Waals surface area contributed by atoms with E-state index in [1.807, 2.05) is 0 Å². The Balaban J connectivity index is 5.58. The molecule has 0 fully saturated rings. The minimum absolute atomic E-state index is 0.160. The molecule has 0 radical (unpaired) electrons. The van der Waals surface area contributed by atoms with Gasteiger partial charge in [0, 0.05) is 13.2 Å². The summed E-state index contributed by atoms with van der Waals surface area (Å²) in [4.78, 5) is 32.4. The van der Waals surface area contributed by atoms with E-state index in [0.717, 1.165) is 7.11 Å². The number of hydroxylamine groups is 1. The molecule has 0 heterocycles. The van der Waals surface area contributed by atoms with E-state index in [0.29, 0.717) is 0 Å². The third-order valence-electron chi connectivity index (χ3n) is 2.28. The molecule has 0 saturated carbocycles. The molecule has 0 aromatic rings. The highest BCUT2D eigenvalue weighted by Gasteiger charge is 2.51. The van der Waals surface area contributed by atoms with E-state index in [9.17, 15) is 32.2 Å². The Hall–Kier alpha value is -1.20. The molecule has 0 aliphatic heterocycles. The average Bonchev–Trinajstić information content (AvgIpc) is 2.43. The van der Waals surface area contributed by atoms with Gasteiger partial charge in [-0.2, -0.15) is 18.7 Å². The first kappa shape index (κ1) is 22.8. The lowest BCUT2D eigenvalue weighted by Crippen LogP contribution is -2.50. The van der Waals surface area contributed by atoms with Crippen molar-refractivity contribution < 1.29 is 46.3 Å². The lowest BCUT2D eigenvalue weighted by Gasteiger charge is -2.32. The van der Waals surface area contributed by atoms with Crippen molar-refractivity contribution >= 4 is 19.5 Å². The Bertz CT molecular complexity index is 487. The molecule has 0 aliphatic rings. The Morgan fingerprint density at radius 2 is 1.88 bits per heavy atom. The van der Waals surface area contributed by atoms with E-state index >= 15 is 0 Å². The predicted molar refractivity (Wildman–Crippen MR) is 74.4 cm³/mol. The van der Waals surface area contributed by atoms with Crippen molar-refractivity contribution in [2.24, 2.45) is 0 Å². The summed E-state index contributed by atoms with van der Waals surface area (Å²) in [6.07, 6.45) is -5.41. The number of nitrogens with zero attached hydrogens (tertiary/aromatic N) is 1. The number of methoxy groups -OCH3 is 1. The highest BCUT2D eigenvalue weighted by molar-refractivity contribution is 7.53. The van der Waals surface area contributed by atoms with Crippen LogP contribution in [0.15, 0.2) is 0 Å². The molecule has 2 N–H and O–H groups in total. The summed E-state index contributed by atoms with van der Waals surface area (Å²) in [5.41, 5.74) is 2.08. The van der Waals surface area contributed by atoms with E-state index in [-0.39, 0.29) is 11.5 Å². The van der Waals surface area contributed by atoms with Crippen molar-refractivity contribution in [2.75, 3.05) is 20.3 Å². The number of ether oxygens (including phenoxy) is 2. The topological polar surface area (TPSA) is 114 Å². The van der Waals surface area contributed by atoms with Gasteiger partial charge in [-0.15, -0.1) is 0 Å². The Morgan fingerprint density at radius 1 is 1.33 bits per heavy atom. The third-order valence-corrected chi connectivity index (χ3v) is 3.70. The zero-order chi connectivity index (χ0) is 19.1. The molecule has 9 nitrogen and oxygen atoms in total. The SMILES string of the molecule is CCOC(=O)CN(C(=O)C(F)(F)F)C(OC)P(=O)(O)ONC(C)C. The standard InChI is InChI=1S/C11H20F3N2O7P/c1-5-22-8(17)6-16(9(18)11(12,13)14)10(21-4)24(19,20)23-15-7(2)3/h7,10,15H,5-6H2,1-4H3,(H,19,20). The molecule has 142 valence electrons.